The van der Waals surface area contributed by atoms with Crippen LogP contribution in [-0.4, -0.2) is 26.5 Å². The SMILES string of the molecule is C=CC#C[C@H](C)[C@H](OC(C)=O)[C@H](C)O[Si](C)(C)C(C)(C)C. The number of hydrogen-bond donors (Lipinski definition) is 0. The van der Waals surface area contributed by atoms with Gasteiger partial charge in [0.25, 0.3) is 0 Å². The second-order valence-corrected chi connectivity index (χ2v) is 11.7. The highest BCUT2D eigenvalue weighted by atomic mass is 28.4. The highest BCUT2D eigenvalue weighted by molar-refractivity contribution is 6.74. The molecule has 0 aliphatic rings. The lowest BCUT2D eigenvalue weighted by Crippen LogP contribution is -2.48. The molecule has 0 amide bonds. The summed E-state index contributed by atoms with van der Waals surface area (Å²) in [4.78, 5) is 11.4. The molecule has 0 aliphatic heterocycles. The van der Waals surface area contributed by atoms with Gasteiger partial charge in [-0.2, -0.15) is 0 Å². The Labute approximate surface area is 131 Å². The molecule has 4 heteroatoms. The molecule has 21 heavy (non-hydrogen) atoms. The summed E-state index contributed by atoms with van der Waals surface area (Å²) < 4.78 is 11.8. The molecule has 0 heterocycles. The molecule has 0 aromatic carbocycles. The minimum absolute atomic E-state index is 0.105. The highest BCUT2D eigenvalue weighted by Gasteiger charge is 2.41. The van der Waals surface area contributed by atoms with E-state index in [-0.39, 0.29) is 29.1 Å². The van der Waals surface area contributed by atoms with Crippen LogP contribution in [0.15, 0.2) is 12.7 Å². The number of rotatable bonds is 5. The van der Waals surface area contributed by atoms with Crippen molar-refractivity contribution in [2.75, 3.05) is 0 Å². The average molecular weight is 311 g/mol. The zero-order valence-corrected chi connectivity index (χ0v) is 15.7. The lowest BCUT2D eigenvalue weighted by atomic mass is 10.0. The first-order chi connectivity index (χ1) is 9.42. The van der Waals surface area contributed by atoms with Gasteiger partial charge in [-0.1, -0.05) is 39.2 Å². The standard InChI is InChI=1S/C17H30O3Si/c1-10-11-12-13(2)16(19-15(4)18)14(3)20-21(8,9)17(5,6)7/h10,13-14,16H,1H2,2-9H3/t13-,14-,16-/m0/s1. The Morgan fingerprint density at radius 2 is 1.81 bits per heavy atom. The number of carbonyl (C=O) groups is 1. The predicted molar refractivity (Wildman–Crippen MR) is 90.4 cm³/mol. The van der Waals surface area contributed by atoms with E-state index in [0.717, 1.165) is 0 Å². The van der Waals surface area contributed by atoms with E-state index < -0.39 is 8.32 Å². The molecule has 3 atom stereocenters. The number of esters is 1. The molecule has 0 spiro atoms. The smallest absolute Gasteiger partial charge is 0.303 e. The quantitative estimate of drug-likeness (QED) is 0.435. The third kappa shape index (κ3) is 6.49. The molecule has 0 N–H and O–H groups in total. The number of ether oxygens (including phenoxy) is 1. The summed E-state index contributed by atoms with van der Waals surface area (Å²) in [6.45, 7) is 19.8. The normalized spacial score (nSPS) is 16.2. The summed E-state index contributed by atoms with van der Waals surface area (Å²) >= 11 is 0. The van der Waals surface area contributed by atoms with Gasteiger partial charge in [-0.25, -0.2) is 0 Å². The fraction of sp³-hybridized carbons (Fsp3) is 0.706. The van der Waals surface area contributed by atoms with Crippen LogP contribution < -0.4 is 0 Å². The van der Waals surface area contributed by atoms with Crippen LogP contribution in [0.3, 0.4) is 0 Å². The van der Waals surface area contributed by atoms with Crippen molar-refractivity contribution in [1.82, 2.24) is 0 Å². The third-order valence-corrected chi connectivity index (χ3v) is 8.53. The second-order valence-electron chi connectivity index (χ2n) is 6.94. The molecule has 0 unspecified atom stereocenters. The molecule has 0 radical (unpaired) electrons. The van der Waals surface area contributed by atoms with Gasteiger partial charge in [0.15, 0.2) is 8.32 Å². The first-order valence-corrected chi connectivity index (χ1v) is 10.3. The van der Waals surface area contributed by atoms with E-state index in [1.165, 1.54) is 6.92 Å². The molecular weight excluding hydrogens is 280 g/mol. The molecule has 0 aliphatic carbocycles. The molecule has 0 aromatic rings. The highest BCUT2D eigenvalue weighted by Crippen LogP contribution is 2.38. The van der Waals surface area contributed by atoms with Crippen molar-refractivity contribution in [3.8, 4) is 11.8 Å². The van der Waals surface area contributed by atoms with Gasteiger partial charge in [-0.05, 0) is 38.1 Å². The zero-order chi connectivity index (χ0) is 16.8. The van der Waals surface area contributed by atoms with Gasteiger partial charge in [0, 0.05) is 6.92 Å². The molecular formula is C17H30O3Si. The second kappa shape index (κ2) is 7.81. The van der Waals surface area contributed by atoms with Crippen LogP contribution in [0.25, 0.3) is 0 Å². The van der Waals surface area contributed by atoms with Crippen molar-refractivity contribution in [3.05, 3.63) is 12.7 Å². The third-order valence-electron chi connectivity index (χ3n) is 3.96. The molecule has 3 nitrogen and oxygen atoms in total. The van der Waals surface area contributed by atoms with Gasteiger partial charge in [0.1, 0.15) is 6.10 Å². The van der Waals surface area contributed by atoms with E-state index in [0.29, 0.717) is 0 Å². The summed E-state index contributed by atoms with van der Waals surface area (Å²) in [7, 11) is -1.92. The predicted octanol–water partition coefficient (Wildman–Crippen LogP) is 4.15. The van der Waals surface area contributed by atoms with Crippen molar-refractivity contribution >= 4 is 14.3 Å². The monoisotopic (exact) mass is 310 g/mol. The number of hydrogen-bond acceptors (Lipinski definition) is 3. The first kappa shape index (κ1) is 19.9. The minimum Gasteiger partial charge on any atom is -0.459 e. The molecule has 0 fully saturated rings. The van der Waals surface area contributed by atoms with Crippen LogP contribution in [0.1, 0.15) is 41.5 Å². The molecule has 0 saturated heterocycles. The molecule has 0 aromatic heterocycles. The summed E-state index contributed by atoms with van der Waals surface area (Å²) in [6, 6.07) is 0. The number of allylic oxidation sites excluding steroid dienone is 1. The topological polar surface area (TPSA) is 35.5 Å². The molecule has 0 rings (SSSR count). The Balaban J connectivity index is 5.16. The maximum atomic E-state index is 11.4. The summed E-state index contributed by atoms with van der Waals surface area (Å²) in [5, 5.41) is 0.109. The van der Waals surface area contributed by atoms with E-state index in [1.807, 2.05) is 13.8 Å². The fourth-order valence-corrected chi connectivity index (χ4v) is 3.19. The van der Waals surface area contributed by atoms with Crippen molar-refractivity contribution in [2.45, 2.75) is 71.9 Å². The lowest BCUT2D eigenvalue weighted by Gasteiger charge is -2.40. The molecule has 0 saturated carbocycles. The minimum atomic E-state index is -1.92. The van der Waals surface area contributed by atoms with Gasteiger partial charge >= 0.3 is 5.97 Å². The van der Waals surface area contributed by atoms with Crippen LogP contribution in [0.5, 0.6) is 0 Å². The Hall–Kier alpha value is -1.05. The lowest BCUT2D eigenvalue weighted by molar-refractivity contribution is -0.153. The van der Waals surface area contributed by atoms with Gasteiger partial charge in [-0.3, -0.25) is 4.79 Å². The zero-order valence-electron chi connectivity index (χ0n) is 14.7. The van der Waals surface area contributed by atoms with Gasteiger partial charge in [-0.15, -0.1) is 0 Å². The Morgan fingerprint density at radius 1 is 1.29 bits per heavy atom. The van der Waals surface area contributed by atoms with E-state index in [9.17, 15) is 4.79 Å². The van der Waals surface area contributed by atoms with E-state index >= 15 is 0 Å². The van der Waals surface area contributed by atoms with Crippen LogP contribution in [0.4, 0.5) is 0 Å². The van der Waals surface area contributed by atoms with E-state index in [1.54, 1.807) is 6.08 Å². The van der Waals surface area contributed by atoms with Gasteiger partial charge < -0.3 is 9.16 Å². The van der Waals surface area contributed by atoms with E-state index in [2.05, 4.69) is 52.3 Å². The largest absolute Gasteiger partial charge is 0.459 e. The number of carbonyl (C=O) groups excluding carboxylic acids is 1. The van der Waals surface area contributed by atoms with Gasteiger partial charge in [0.05, 0.1) is 12.0 Å². The summed E-state index contributed by atoms with van der Waals surface area (Å²) in [5.41, 5.74) is 0. The van der Waals surface area contributed by atoms with E-state index in [4.69, 9.17) is 9.16 Å². The maximum absolute atomic E-state index is 11.4. The molecule has 120 valence electrons. The fourth-order valence-electron chi connectivity index (χ4n) is 1.78. The van der Waals surface area contributed by atoms with Crippen LogP contribution in [0, 0.1) is 17.8 Å². The first-order valence-electron chi connectivity index (χ1n) is 7.39. The Bertz CT molecular complexity index is 424. The average Bonchev–Trinajstić information content (AvgIpc) is 2.30. The Morgan fingerprint density at radius 3 is 2.19 bits per heavy atom. The van der Waals surface area contributed by atoms with Crippen molar-refractivity contribution in [2.24, 2.45) is 5.92 Å². The van der Waals surface area contributed by atoms with Crippen LogP contribution in [-0.2, 0) is 14.0 Å². The van der Waals surface area contributed by atoms with Crippen molar-refractivity contribution < 1.29 is 14.0 Å². The Kier molecular flexibility index (Phi) is 7.42. The van der Waals surface area contributed by atoms with Crippen molar-refractivity contribution in [3.63, 3.8) is 0 Å². The summed E-state index contributed by atoms with van der Waals surface area (Å²) in [5.74, 6) is 5.45. The van der Waals surface area contributed by atoms with Crippen LogP contribution in [0.2, 0.25) is 18.1 Å². The molecule has 0 bridgehead atoms. The maximum Gasteiger partial charge on any atom is 0.303 e. The van der Waals surface area contributed by atoms with Crippen molar-refractivity contribution in [1.29, 1.82) is 0 Å². The summed E-state index contributed by atoms with van der Waals surface area (Å²) in [6.07, 6.45) is 0.980. The van der Waals surface area contributed by atoms with Crippen LogP contribution >= 0.6 is 0 Å². The van der Waals surface area contributed by atoms with Gasteiger partial charge in [0.2, 0.25) is 0 Å².